The molecule has 0 bridgehead atoms. The summed E-state index contributed by atoms with van der Waals surface area (Å²) in [6.07, 6.45) is 0. The molecule has 0 N–H and O–H groups in total. The van der Waals surface area contributed by atoms with Gasteiger partial charge in [0, 0.05) is 36.1 Å². The number of carbonyl (C=O) groups excluding carboxylic acids is 1. The fraction of sp³-hybridized carbons (Fsp3) is 0.263. The lowest BCUT2D eigenvalue weighted by Gasteiger charge is -2.36. The quantitative estimate of drug-likeness (QED) is 0.597. The van der Waals surface area contributed by atoms with E-state index < -0.39 is 0 Å². The van der Waals surface area contributed by atoms with Gasteiger partial charge in [0.25, 0.3) is 0 Å². The minimum absolute atomic E-state index is 0.652. The maximum Gasteiger partial charge on any atom is 0.147 e. The van der Waals surface area contributed by atoms with Crippen molar-refractivity contribution in [2.45, 2.75) is 11.4 Å². The third kappa shape index (κ3) is 4.65. The molecule has 0 aliphatic carbocycles. The first-order chi connectivity index (χ1) is 11.7. The van der Waals surface area contributed by atoms with E-state index in [1.807, 2.05) is 42.5 Å². The number of thioether (sulfide) groups is 1. The highest BCUT2D eigenvalue weighted by atomic mass is 35.5. The van der Waals surface area contributed by atoms with Crippen LogP contribution in [0.2, 0.25) is 5.02 Å². The molecule has 5 heteroatoms. The fourth-order valence-electron chi connectivity index (χ4n) is 2.69. The summed E-state index contributed by atoms with van der Waals surface area (Å²) in [5, 5.41) is 0.738. The zero-order valence-electron chi connectivity index (χ0n) is 13.3. The second kappa shape index (κ2) is 8.41. The highest BCUT2D eigenvalue weighted by molar-refractivity contribution is 7.99. The molecule has 1 heterocycles. The molecule has 124 valence electrons. The molecule has 24 heavy (non-hydrogen) atoms. The lowest BCUT2D eigenvalue weighted by atomic mass is 10.2. The Bertz CT molecular complexity index is 714. The van der Waals surface area contributed by atoms with Gasteiger partial charge in [-0.2, -0.15) is 0 Å². The van der Waals surface area contributed by atoms with Crippen LogP contribution in [0.5, 0.6) is 0 Å². The molecule has 1 fully saturated rings. The van der Waals surface area contributed by atoms with Gasteiger partial charge < -0.3 is 4.90 Å². The van der Waals surface area contributed by atoms with Crippen molar-refractivity contribution in [2.75, 3.05) is 25.5 Å². The van der Waals surface area contributed by atoms with E-state index in [0.29, 0.717) is 6.54 Å². The molecule has 1 aliphatic rings. The molecule has 2 aromatic rings. The molecule has 2 aromatic carbocycles. The molecule has 3 nitrogen and oxygen atoms in total. The van der Waals surface area contributed by atoms with Crippen LogP contribution in [-0.4, -0.2) is 41.3 Å². The van der Waals surface area contributed by atoms with Gasteiger partial charge in [0.2, 0.25) is 0 Å². The second-order valence-corrected chi connectivity index (χ2v) is 7.19. The fourth-order valence-corrected chi connectivity index (χ4v) is 3.73. The van der Waals surface area contributed by atoms with Crippen LogP contribution in [0.25, 0.3) is 0 Å². The second-order valence-electron chi connectivity index (χ2n) is 5.74. The standard InChI is InChI=1S/C19H19ClN2OS/c20-17-6-8-19(9-7-17)24-15-22-11-10-21(13-18(22)14-23)12-16-4-2-1-3-5-16/h1-9H,10-13,15H2. The highest BCUT2D eigenvalue weighted by Gasteiger charge is 2.22. The van der Waals surface area contributed by atoms with Gasteiger partial charge >= 0.3 is 0 Å². The first-order valence-electron chi connectivity index (χ1n) is 7.88. The first kappa shape index (κ1) is 17.1. The summed E-state index contributed by atoms with van der Waals surface area (Å²) in [5.74, 6) is 2.89. The van der Waals surface area contributed by atoms with Gasteiger partial charge in [-0.25, -0.2) is 4.79 Å². The third-order valence-corrected chi connectivity index (χ3v) is 5.31. The Morgan fingerprint density at radius 3 is 2.50 bits per heavy atom. The smallest absolute Gasteiger partial charge is 0.147 e. The van der Waals surface area contributed by atoms with Crippen LogP contribution in [0.4, 0.5) is 0 Å². The topological polar surface area (TPSA) is 23.6 Å². The molecule has 3 rings (SSSR count). The van der Waals surface area contributed by atoms with Crippen LogP contribution in [0.3, 0.4) is 0 Å². The van der Waals surface area contributed by atoms with Crippen molar-refractivity contribution in [3.63, 3.8) is 0 Å². The molecule has 1 aliphatic heterocycles. The third-order valence-electron chi connectivity index (χ3n) is 4.01. The predicted molar refractivity (Wildman–Crippen MR) is 99.8 cm³/mol. The van der Waals surface area contributed by atoms with Gasteiger partial charge in [-0.3, -0.25) is 4.90 Å². The minimum atomic E-state index is 0.652. The molecule has 0 radical (unpaired) electrons. The predicted octanol–water partition coefficient (Wildman–Crippen LogP) is 3.92. The number of benzene rings is 2. The van der Waals surface area contributed by atoms with E-state index in [1.165, 1.54) is 5.56 Å². The molecule has 0 amide bonds. The number of nitrogens with zero attached hydrogens (tertiary/aromatic N) is 2. The normalized spacial score (nSPS) is 15.4. The van der Waals surface area contributed by atoms with Gasteiger partial charge in [0.1, 0.15) is 11.6 Å². The van der Waals surface area contributed by atoms with Gasteiger partial charge in [-0.05, 0) is 29.8 Å². The van der Waals surface area contributed by atoms with Crippen molar-refractivity contribution < 1.29 is 4.79 Å². The van der Waals surface area contributed by atoms with Crippen LogP contribution in [0, 0.1) is 0 Å². The van der Waals surface area contributed by atoms with Crippen molar-refractivity contribution in [1.82, 2.24) is 9.80 Å². The highest BCUT2D eigenvalue weighted by Crippen LogP contribution is 2.24. The van der Waals surface area contributed by atoms with E-state index in [0.717, 1.165) is 41.1 Å². The summed E-state index contributed by atoms with van der Waals surface area (Å²) in [7, 11) is 0. The average molecular weight is 359 g/mol. The van der Waals surface area contributed by atoms with Crippen molar-refractivity contribution in [3.05, 3.63) is 70.9 Å². The minimum Gasteiger partial charge on any atom is -0.354 e. The summed E-state index contributed by atoms with van der Waals surface area (Å²) in [4.78, 5) is 16.9. The van der Waals surface area contributed by atoms with Crippen molar-refractivity contribution >= 4 is 29.3 Å². The van der Waals surface area contributed by atoms with Crippen LogP contribution >= 0.6 is 23.4 Å². The monoisotopic (exact) mass is 358 g/mol. The van der Waals surface area contributed by atoms with Crippen LogP contribution in [0.15, 0.2) is 65.2 Å². The Balaban J connectivity index is 1.55. The molecule has 0 aromatic heterocycles. The Morgan fingerprint density at radius 1 is 1.04 bits per heavy atom. The van der Waals surface area contributed by atoms with Gasteiger partial charge in [0.15, 0.2) is 0 Å². The summed E-state index contributed by atoms with van der Waals surface area (Å²) in [6.45, 7) is 3.31. The largest absolute Gasteiger partial charge is 0.354 e. The molecule has 0 atom stereocenters. The summed E-state index contributed by atoms with van der Waals surface area (Å²) in [5.41, 5.74) is 2.00. The van der Waals surface area contributed by atoms with E-state index in [-0.39, 0.29) is 0 Å². The Labute approximate surface area is 151 Å². The van der Waals surface area contributed by atoms with E-state index >= 15 is 0 Å². The molecule has 1 saturated heterocycles. The average Bonchev–Trinajstić information content (AvgIpc) is 2.62. The molecular formula is C19H19ClN2OS. The molecule has 0 saturated carbocycles. The van der Waals surface area contributed by atoms with Crippen LogP contribution < -0.4 is 0 Å². The van der Waals surface area contributed by atoms with Crippen molar-refractivity contribution in [3.8, 4) is 0 Å². The maximum atomic E-state index is 11.4. The zero-order chi connectivity index (χ0) is 16.8. The lowest BCUT2D eigenvalue weighted by Crippen LogP contribution is -2.44. The van der Waals surface area contributed by atoms with Crippen molar-refractivity contribution in [1.29, 1.82) is 0 Å². The van der Waals surface area contributed by atoms with Crippen LogP contribution in [-0.2, 0) is 11.3 Å². The molecule has 0 spiro atoms. The van der Waals surface area contributed by atoms with Gasteiger partial charge in [-0.1, -0.05) is 41.9 Å². The molecular weight excluding hydrogens is 340 g/mol. The Kier molecular flexibility index (Phi) is 6.00. The number of piperazine rings is 1. The maximum absolute atomic E-state index is 11.4. The Morgan fingerprint density at radius 2 is 1.79 bits per heavy atom. The number of hydrogen-bond acceptors (Lipinski definition) is 4. The lowest BCUT2D eigenvalue weighted by molar-refractivity contribution is 0.187. The van der Waals surface area contributed by atoms with E-state index in [9.17, 15) is 4.79 Å². The number of halogens is 1. The first-order valence-corrected chi connectivity index (χ1v) is 9.24. The van der Waals surface area contributed by atoms with Gasteiger partial charge in [0.05, 0.1) is 5.88 Å². The summed E-state index contributed by atoms with van der Waals surface area (Å²) in [6, 6.07) is 18.1. The Hall–Kier alpha value is -1.71. The van der Waals surface area contributed by atoms with Gasteiger partial charge in [-0.15, -0.1) is 11.8 Å². The summed E-state index contributed by atoms with van der Waals surface area (Å²) >= 11 is 7.62. The summed E-state index contributed by atoms with van der Waals surface area (Å²) < 4.78 is 0. The number of rotatable bonds is 5. The van der Waals surface area contributed by atoms with Crippen LogP contribution in [0.1, 0.15) is 5.56 Å². The number of hydrogen-bond donors (Lipinski definition) is 0. The van der Waals surface area contributed by atoms with E-state index in [2.05, 4.69) is 27.9 Å². The zero-order valence-corrected chi connectivity index (χ0v) is 14.9. The molecule has 0 unspecified atom stereocenters. The SMILES string of the molecule is O=C=C1CN(Cc2ccccc2)CCN1CSc1ccc(Cl)cc1. The van der Waals surface area contributed by atoms with E-state index in [1.54, 1.807) is 11.8 Å². The van der Waals surface area contributed by atoms with E-state index in [4.69, 9.17) is 11.6 Å². The van der Waals surface area contributed by atoms with Crippen molar-refractivity contribution in [2.24, 2.45) is 0 Å².